The molecule has 1 rings (SSSR count). The van der Waals surface area contributed by atoms with Crippen LogP contribution in [-0.2, 0) is 9.59 Å². The van der Waals surface area contributed by atoms with Crippen LogP contribution in [0, 0.1) is 0 Å². The van der Waals surface area contributed by atoms with Crippen LogP contribution in [0.15, 0.2) is 0 Å². The molecule has 0 radical (unpaired) electrons. The van der Waals surface area contributed by atoms with Gasteiger partial charge in [-0.2, -0.15) is 0 Å². The van der Waals surface area contributed by atoms with Crippen molar-refractivity contribution in [2.45, 2.75) is 38.8 Å². The molecule has 2 N–H and O–H groups in total. The molecule has 0 aromatic carbocycles. The first kappa shape index (κ1) is 16.2. The van der Waals surface area contributed by atoms with E-state index in [1.807, 2.05) is 14.0 Å². The Morgan fingerprint density at radius 2 is 2.12 bits per heavy atom. The molecule has 0 bridgehead atoms. The highest BCUT2D eigenvalue weighted by Gasteiger charge is 2.32. The Morgan fingerprint density at radius 1 is 1.47 bits per heavy atom. The predicted molar refractivity (Wildman–Crippen MR) is 69.2 cm³/mol. The topological polar surface area (TPSA) is 61.4 Å². The molecule has 2 unspecified atom stereocenters. The second-order valence-corrected chi connectivity index (χ2v) is 4.31. The average Bonchev–Trinajstić information content (AvgIpc) is 2.74. The van der Waals surface area contributed by atoms with Crippen LogP contribution in [0.5, 0.6) is 0 Å². The molecule has 0 aromatic rings. The van der Waals surface area contributed by atoms with Gasteiger partial charge >= 0.3 is 0 Å². The number of amides is 2. The molecule has 0 aromatic heterocycles. The van der Waals surface area contributed by atoms with Gasteiger partial charge in [-0.05, 0) is 26.8 Å². The third-order valence-electron chi connectivity index (χ3n) is 3.04. The lowest BCUT2D eigenvalue weighted by atomic mass is 10.2. The van der Waals surface area contributed by atoms with Crippen LogP contribution in [0.2, 0.25) is 0 Å². The molecular formula is C11H22ClN3O2. The van der Waals surface area contributed by atoms with E-state index in [1.165, 1.54) is 6.92 Å². The van der Waals surface area contributed by atoms with E-state index >= 15 is 0 Å². The zero-order valence-corrected chi connectivity index (χ0v) is 11.5. The van der Waals surface area contributed by atoms with Gasteiger partial charge in [0.2, 0.25) is 11.8 Å². The molecule has 6 heteroatoms. The Kier molecular flexibility index (Phi) is 7.15. The summed E-state index contributed by atoms with van der Waals surface area (Å²) in [7, 11) is 1.86. The van der Waals surface area contributed by atoms with Crippen molar-refractivity contribution in [1.29, 1.82) is 0 Å². The third kappa shape index (κ3) is 4.52. The number of carbonyl (C=O) groups is 2. The normalized spacial score (nSPS) is 20.6. The minimum absolute atomic E-state index is 0. The van der Waals surface area contributed by atoms with Gasteiger partial charge in [0.25, 0.3) is 0 Å². The lowest BCUT2D eigenvalue weighted by Crippen LogP contribution is -2.47. The number of carbonyl (C=O) groups excluding carboxylic acids is 2. The maximum atomic E-state index is 11.8. The summed E-state index contributed by atoms with van der Waals surface area (Å²) in [4.78, 5) is 24.8. The van der Waals surface area contributed by atoms with Gasteiger partial charge < -0.3 is 15.5 Å². The van der Waals surface area contributed by atoms with Crippen molar-refractivity contribution < 1.29 is 9.59 Å². The third-order valence-corrected chi connectivity index (χ3v) is 3.04. The Morgan fingerprint density at radius 3 is 2.65 bits per heavy atom. The summed E-state index contributed by atoms with van der Waals surface area (Å²) in [5.41, 5.74) is 0. The van der Waals surface area contributed by atoms with Crippen LogP contribution in [0.25, 0.3) is 0 Å². The highest BCUT2D eigenvalue weighted by molar-refractivity contribution is 5.87. The van der Waals surface area contributed by atoms with Crippen molar-refractivity contribution in [2.24, 2.45) is 0 Å². The summed E-state index contributed by atoms with van der Waals surface area (Å²) < 4.78 is 0. The summed E-state index contributed by atoms with van der Waals surface area (Å²) in [6, 6.07) is -0.0160. The van der Waals surface area contributed by atoms with Crippen LogP contribution >= 0.6 is 12.4 Å². The molecule has 1 aliphatic heterocycles. The maximum Gasteiger partial charge on any atom is 0.242 e. The summed E-state index contributed by atoms with van der Waals surface area (Å²) in [6.07, 6.45) is 1.69. The summed E-state index contributed by atoms with van der Waals surface area (Å²) in [6.45, 7) is 4.81. The van der Waals surface area contributed by atoms with Crippen molar-refractivity contribution >= 4 is 24.2 Å². The number of nitrogens with one attached hydrogen (secondary N) is 2. The van der Waals surface area contributed by atoms with Gasteiger partial charge in [0, 0.05) is 26.1 Å². The molecule has 1 fully saturated rings. The molecule has 1 aliphatic rings. The van der Waals surface area contributed by atoms with Gasteiger partial charge in [0.1, 0.15) is 6.04 Å². The fraction of sp³-hybridized carbons (Fsp3) is 0.818. The summed E-state index contributed by atoms with van der Waals surface area (Å²) in [5.74, 6) is -0.0471. The maximum absolute atomic E-state index is 11.8. The molecule has 0 aliphatic carbocycles. The average molecular weight is 264 g/mol. The van der Waals surface area contributed by atoms with E-state index in [4.69, 9.17) is 0 Å². The molecule has 0 saturated carbocycles. The molecule has 5 nitrogen and oxygen atoms in total. The molecule has 1 saturated heterocycles. The van der Waals surface area contributed by atoms with Gasteiger partial charge in [0.05, 0.1) is 0 Å². The van der Waals surface area contributed by atoms with Gasteiger partial charge in [-0.3, -0.25) is 9.59 Å². The van der Waals surface area contributed by atoms with Crippen molar-refractivity contribution in [3.63, 3.8) is 0 Å². The van der Waals surface area contributed by atoms with Crippen molar-refractivity contribution in [3.8, 4) is 0 Å². The lowest BCUT2D eigenvalue weighted by Gasteiger charge is -2.23. The zero-order chi connectivity index (χ0) is 12.1. The Labute approximate surface area is 109 Å². The minimum Gasteiger partial charge on any atom is -0.353 e. The molecule has 2 amide bonds. The van der Waals surface area contributed by atoms with Crippen LogP contribution < -0.4 is 10.6 Å². The fourth-order valence-electron chi connectivity index (χ4n) is 1.89. The quantitative estimate of drug-likeness (QED) is 0.759. The Balaban J connectivity index is 0.00000256. The van der Waals surface area contributed by atoms with Crippen molar-refractivity contribution in [2.75, 3.05) is 20.1 Å². The van der Waals surface area contributed by atoms with E-state index in [9.17, 15) is 9.59 Å². The number of likely N-dealkylation sites (tertiary alicyclic amines) is 1. The highest BCUT2D eigenvalue weighted by Crippen LogP contribution is 2.17. The van der Waals surface area contributed by atoms with Crippen LogP contribution in [0.3, 0.4) is 0 Å². The number of nitrogens with zero attached hydrogens (tertiary/aromatic N) is 1. The predicted octanol–water partition coefficient (Wildman–Crippen LogP) is 0.143. The van der Waals surface area contributed by atoms with E-state index in [0.717, 1.165) is 12.8 Å². The minimum atomic E-state index is -0.262. The molecule has 1 heterocycles. The summed E-state index contributed by atoms with van der Waals surface area (Å²) in [5, 5.41) is 5.91. The fourth-order valence-corrected chi connectivity index (χ4v) is 1.89. The molecule has 0 spiro atoms. The number of halogens is 1. The second-order valence-electron chi connectivity index (χ2n) is 4.31. The first-order valence-electron chi connectivity index (χ1n) is 5.78. The number of hydrogen-bond donors (Lipinski definition) is 2. The second kappa shape index (κ2) is 7.50. The van der Waals surface area contributed by atoms with Gasteiger partial charge in [-0.25, -0.2) is 0 Å². The molecule has 100 valence electrons. The van der Waals surface area contributed by atoms with E-state index in [2.05, 4.69) is 10.6 Å². The monoisotopic (exact) mass is 263 g/mol. The number of likely N-dealkylation sites (N-methyl/N-ethyl adjacent to an activating group) is 1. The van der Waals surface area contributed by atoms with E-state index in [-0.39, 0.29) is 36.3 Å². The lowest BCUT2D eigenvalue weighted by molar-refractivity contribution is -0.136. The van der Waals surface area contributed by atoms with Crippen LogP contribution in [-0.4, -0.2) is 48.9 Å². The first-order valence-corrected chi connectivity index (χ1v) is 5.78. The molecular weight excluding hydrogens is 242 g/mol. The van der Waals surface area contributed by atoms with Crippen LogP contribution in [0.4, 0.5) is 0 Å². The van der Waals surface area contributed by atoms with Gasteiger partial charge in [-0.1, -0.05) is 0 Å². The molecule has 17 heavy (non-hydrogen) atoms. The smallest absolute Gasteiger partial charge is 0.242 e. The van der Waals surface area contributed by atoms with E-state index in [1.54, 1.807) is 4.90 Å². The van der Waals surface area contributed by atoms with Gasteiger partial charge in [0.15, 0.2) is 0 Å². The Hall–Kier alpha value is -0.810. The largest absolute Gasteiger partial charge is 0.353 e. The first-order chi connectivity index (χ1) is 7.56. The highest BCUT2D eigenvalue weighted by atomic mass is 35.5. The van der Waals surface area contributed by atoms with Crippen LogP contribution in [0.1, 0.15) is 26.7 Å². The standard InChI is InChI=1S/C11H21N3O2.ClH/c1-8(12-3)7-13-11(16)10-5-4-6-14(10)9(2)15;/h8,10,12H,4-7H2,1-3H3,(H,13,16);1H. The Bertz CT molecular complexity index is 273. The van der Waals surface area contributed by atoms with E-state index in [0.29, 0.717) is 13.1 Å². The SMILES string of the molecule is CNC(C)CNC(=O)C1CCCN1C(C)=O.Cl. The zero-order valence-electron chi connectivity index (χ0n) is 10.7. The summed E-state index contributed by atoms with van der Waals surface area (Å²) >= 11 is 0. The van der Waals surface area contributed by atoms with E-state index < -0.39 is 0 Å². The van der Waals surface area contributed by atoms with Gasteiger partial charge in [-0.15, -0.1) is 12.4 Å². The van der Waals surface area contributed by atoms with Crippen molar-refractivity contribution in [1.82, 2.24) is 15.5 Å². The van der Waals surface area contributed by atoms with Crippen molar-refractivity contribution in [3.05, 3.63) is 0 Å². The number of hydrogen-bond acceptors (Lipinski definition) is 3. The number of rotatable bonds is 4. The molecule has 2 atom stereocenters.